The third kappa shape index (κ3) is 26.2. The number of hydrogen-bond donors (Lipinski definition) is 11. The standard InChI is InChI=1S/C30H47N7O9.3C2HF3O2/c1-16(2)14-23(27(42)37-13-5-7-22(37)26(41)36-24(17(3)38)28(43)44)46-29(45)21(15-18-8-10-19(39)11-9-18)35-25(40)20(31)6-4-12-34-30(32)33;3*3-2(4,5)1(6)7/h8-11,16-17,20-24,38-39H,4-7,12-15,31H2,1-3H3,(H,35,40)(H,36,41)(H,43,44)(H4,32,33,34);3*(H,6,7)/t17-,20+,21+,22+,23+,24+;;;/m1.../s1. The van der Waals surface area contributed by atoms with Crippen LogP contribution in [0.2, 0.25) is 0 Å². The molecule has 31 heteroatoms. The van der Waals surface area contributed by atoms with Crippen LogP contribution >= 0.6 is 0 Å². The lowest BCUT2D eigenvalue weighted by atomic mass is 10.0. The van der Waals surface area contributed by atoms with Crippen LogP contribution in [0.3, 0.4) is 0 Å². The number of aliphatic hydroxyl groups excluding tert-OH is 1. The number of phenolic OH excluding ortho intramolecular Hbond substituents is 1. The Labute approximate surface area is 373 Å². The third-order valence-corrected chi connectivity index (χ3v) is 8.11. The molecule has 0 aromatic heterocycles. The number of carboxylic acid groups (broad SMARTS) is 4. The molecule has 67 heavy (non-hydrogen) atoms. The number of aliphatic carboxylic acids is 4. The van der Waals surface area contributed by atoms with Crippen LogP contribution in [-0.2, 0) is 49.5 Å². The Morgan fingerprint density at radius 1 is 0.821 bits per heavy atom. The maximum Gasteiger partial charge on any atom is 0.490 e. The summed E-state index contributed by atoms with van der Waals surface area (Å²) in [6.45, 7) is 5.28. The summed E-state index contributed by atoms with van der Waals surface area (Å²) in [6.07, 6.45) is -16.6. The number of nitrogens with one attached hydrogen (secondary N) is 2. The van der Waals surface area contributed by atoms with E-state index in [1.807, 2.05) is 13.8 Å². The first kappa shape index (κ1) is 62.4. The number of carbonyl (C=O) groups excluding carboxylic acids is 4. The second-order valence-electron chi connectivity index (χ2n) is 14.2. The number of nitrogens with zero attached hydrogens (tertiary/aromatic N) is 2. The van der Waals surface area contributed by atoms with Gasteiger partial charge in [-0.25, -0.2) is 24.0 Å². The van der Waals surface area contributed by atoms with Crippen molar-refractivity contribution in [3.05, 3.63) is 29.8 Å². The number of rotatable bonds is 17. The van der Waals surface area contributed by atoms with Crippen molar-refractivity contribution >= 4 is 53.5 Å². The molecule has 3 amide bonds. The van der Waals surface area contributed by atoms with E-state index in [1.54, 1.807) is 12.1 Å². The van der Waals surface area contributed by atoms with Gasteiger partial charge in [0.25, 0.3) is 5.91 Å². The maximum atomic E-state index is 13.8. The minimum atomic E-state index is -5.08. The zero-order valence-corrected chi connectivity index (χ0v) is 35.4. The van der Waals surface area contributed by atoms with Gasteiger partial charge in [-0.05, 0) is 62.6 Å². The van der Waals surface area contributed by atoms with Gasteiger partial charge in [-0.15, -0.1) is 0 Å². The number of hydrogen-bond acceptors (Lipinski definition) is 13. The Morgan fingerprint density at radius 2 is 1.28 bits per heavy atom. The molecular weight excluding hydrogens is 941 g/mol. The predicted octanol–water partition coefficient (Wildman–Crippen LogP) is 0.599. The highest BCUT2D eigenvalue weighted by Crippen LogP contribution is 2.23. The first-order valence-corrected chi connectivity index (χ1v) is 19.0. The number of guanidine groups is 1. The fourth-order valence-corrected chi connectivity index (χ4v) is 4.97. The van der Waals surface area contributed by atoms with Crippen molar-refractivity contribution in [1.29, 1.82) is 0 Å². The van der Waals surface area contributed by atoms with Gasteiger partial charge in [0.2, 0.25) is 11.8 Å². The Hall–Kier alpha value is -6.66. The zero-order valence-electron chi connectivity index (χ0n) is 35.4. The number of carboxylic acids is 4. The summed E-state index contributed by atoms with van der Waals surface area (Å²) in [5.74, 6) is -12.8. The van der Waals surface area contributed by atoms with Gasteiger partial charge >= 0.3 is 48.4 Å². The number of aromatic hydroxyl groups is 1. The molecule has 0 bridgehead atoms. The fraction of sp³-hybridized carbons (Fsp3) is 0.583. The van der Waals surface area contributed by atoms with Crippen molar-refractivity contribution in [3.63, 3.8) is 0 Å². The van der Waals surface area contributed by atoms with Crippen molar-refractivity contribution in [2.24, 2.45) is 28.1 Å². The molecule has 382 valence electrons. The minimum Gasteiger partial charge on any atom is -0.508 e. The van der Waals surface area contributed by atoms with Crippen LogP contribution in [0.15, 0.2) is 29.3 Å². The van der Waals surface area contributed by atoms with E-state index in [1.165, 1.54) is 24.0 Å². The normalized spacial score (nSPS) is 15.7. The quantitative estimate of drug-likeness (QED) is 0.0335. The fourth-order valence-electron chi connectivity index (χ4n) is 4.97. The summed E-state index contributed by atoms with van der Waals surface area (Å²) in [4.78, 5) is 96.7. The number of benzene rings is 1. The van der Waals surface area contributed by atoms with Gasteiger partial charge in [0.15, 0.2) is 18.1 Å². The van der Waals surface area contributed by atoms with E-state index in [0.717, 1.165) is 0 Å². The second-order valence-corrected chi connectivity index (χ2v) is 14.2. The van der Waals surface area contributed by atoms with Crippen molar-refractivity contribution in [1.82, 2.24) is 15.5 Å². The molecule has 2 rings (SSSR count). The largest absolute Gasteiger partial charge is 0.508 e. The van der Waals surface area contributed by atoms with Crippen LogP contribution < -0.4 is 27.8 Å². The molecule has 0 radical (unpaired) electrons. The average molecular weight is 992 g/mol. The van der Waals surface area contributed by atoms with E-state index in [4.69, 9.17) is 51.6 Å². The lowest BCUT2D eigenvalue weighted by Gasteiger charge is -2.30. The van der Waals surface area contributed by atoms with Crippen molar-refractivity contribution in [2.45, 2.75) is 114 Å². The Morgan fingerprint density at radius 3 is 1.67 bits per heavy atom. The molecule has 1 aromatic carbocycles. The smallest absolute Gasteiger partial charge is 0.490 e. The third-order valence-electron chi connectivity index (χ3n) is 8.11. The van der Waals surface area contributed by atoms with Gasteiger partial charge in [0.1, 0.15) is 17.8 Å². The number of amides is 3. The molecule has 1 heterocycles. The van der Waals surface area contributed by atoms with Gasteiger partial charge in [-0.1, -0.05) is 26.0 Å². The average Bonchev–Trinajstić information content (AvgIpc) is 3.68. The van der Waals surface area contributed by atoms with Crippen molar-refractivity contribution in [2.75, 3.05) is 13.1 Å². The van der Waals surface area contributed by atoms with Gasteiger partial charge in [0.05, 0.1) is 12.1 Å². The predicted molar refractivity (Wildman–Crippen MR) is 208 cm³/mol. The summed E-state index contributed by atoms with van der Waals surface area (Å²) in [7, 11) is 0. The lowest BCUT2D eigenvalue weighted by molar-refractivity contribution is -0.193. The topological polar surface area (TPSA) is 385 Å². The van der Waals surface area contributed by atoms with Gasteiger partial charge in [0, 0.05) is 19.5 Å². The monoisotopic (exact) mass is 991 g/mol. The summed E-state index contributed by atoms with van der Waals surface area (Å²) in [5.41, 5.74) is 17.3. The number of aliphatic imine (C=N–C) groups is 1. The first-order chi connectivity index (χ1) is 30.4. The van der Waals surface area contributed by atoms with Crippen LogP contribution in [0.25, 0.3) is 0 Å². The lowest BCUT2D eigenvalue weighted by Crippen LogP contribution is -2.56. The molecule has 1 aliphatic rings. The van der Waals surface area contributed by atoms with Gasteiger partial charge in [-0.3, -0.25) is 19.4 Å². The molecule has 0 aliphatic carbocycles. The Bertz CT molecular complexity index is 1790. The summed E-state index contributed by atoms with van der Waals surface area (Å²) in [6, 6.07) is 1.11. The van der Waals surface area contributed by atoms with Crippen LogP contribution in [0.1, 0.15) is 58.4 Å². The van der Waals surface area contributed by atoms with Crippen LogP contribution in [0.5, 0.6) is 5.75 Å². The number of aliphatic hydroxyl groups is 1. The van der Waals surface area contributed by atoms with Gasteiger partial charge in [-0.2, -0.15) is 39.5 Å². The molecule has 22 nitrogen and oxygen atoms in total. The number of halogens is 9. The summed E-state index contributed by atoms with van der Waals surface area (Å²) < 4.78 is 101. The number of nitrogens with two attached hydrogens (primary N) is 3. The van der Waals surface area contributed by atoms with Crippen LogP contribution in [-0.4, -0.2) is 157 Å². The van der Waals surface area contributed by atoms with E-state index in [-0.39, 0.29) is 56.4 Å². The molecule has 0 saturated carbocycles. The highest BCUT2D eigenvalue weighted by Gasteiger charge is 2.42. The number of esters is 1. The maximum absolute atomic E-state index is 13.8. The molecule has 1 saturated heterocycles. The molecule has 0 unspecified atom stereocenters. The number of ether oxygens (including phenoxy) is 1. The summed E-state index contributed by atoms with van der Waals surface area (Å²) in [5, 5.41) is 55.1. The van der Waals surface area contributed by atoms with Crippen molar-refractivity contribution < 1.29 is 113 Å². The Kier molecular flexibility index (Phi) is 26.5. The van der Waals surface area contributed by atoms with Crippen LogP contribution in [0.4, 0.5) is 39.5 Å². The number of phenols is 1. The van der Waals surface area contributed by atoms with E-state index in [0.29, 0.717) is 18.4 Å². The van der Waals surface area contributed by atoms with E-state index < -0.39 is 102 Å². The number of alkyl halides is 9. The summed E-state index contributed by atoms with van der Waals surface area (Å²) >= 11 is 0. The second kappa shape index (κ2) is 28.4. The van der Waals surface area contributed by atoms with E-state index in [2.05, 4.69) is 15.6 Å². The minimum absolute atomic E-state index is 0.00429. The van der Waals surface area contributed by atoms with Gasteiger partial charge < -0.3 is 68.1 Å². The SMILES string of the molecule is CC(C)C[C@H](OC(=O)[C@H](Cc1ccc(O)cc1)NC(=O)[C@@H](N)CCCN=C(N)N)C(=O)N1CCC[C@H]1C(=O)N[C@H](C(=O)O)[C@@H](C)O.O=C(O)C(F)(F)F.O=C(O)C(F)(F)F.O=C(O)C(F)(F)F. The molecule has 14 N–H and O–H groups in total. The highest BCUT2D eigenvalue weighted by molar-refractivity contribution is 5.94. The molecular formula is C36H50F9N7O15. The first-order valence-electron chi connectivity index (χ1n) is 19.0. The molecule has 1 fully saturated rings. The zero-order chi connectivity index (χ0) is 52.8. The van der Waals surface area contributed by atoms with E-state index in [9.17, 15) is 78.8 Å². The number of likely N-dealkylation sites (tertiary alicyclic amines) is 1. The van der Waals surface area contributed by atoms with Crippen molar-refractivity contribution in [3.8, 4) is 5.75 Å². The molecule has 1 aliphatic heterocycles. The number of carbonyl (C=O) groups is 8. The Balaban J connectivity index is 0. The molecule has 0 spiro atoms. The van der Waals surface area contributed by atoms with Crippen LogP contribution in [0, 0.1) is 5.92 Å². The molecule has 6 atom stereocenters. The molecule has 1 aromatic rings. The van der Waals surface area contributed by atoms with E-state index >= 15 is 0 Å². The highest BCUT2D eigenvalue weighted by atomic mass is 19.4.